The number of para-hydroxylation sites is 1. The van der Waals surface area contributed by atoms with Gasteiger partial charge in [0.15, 0.2) is 5.96 Å². The highest BCUT2D eigenvalue weighted by atomic mass is 127. The van der Waals surface area contributed by atoms with E-state index in [4.69, 9.17) is 4.42 Å². The number of hydrogen-bond acceptors (Lipinski definition) is 2. The van der Waals surface area contributed by atoms with Gasteiger partial charge in [-0.2, -0.15) is 0 Å². The minimum atomic E-state index is 0. The third kappa shape index (κ3) is 5.57. The van der Waals surface area contributed by atoms with Crippen LogP contribution < -0.4 is 10.6 Å². The molecule has 0 fully saturated rings. The molecule has 0 atom stereocenters. The number of halogens is 1. The molecule has 2 N–H and O–H groups in total. The fourth-order valence-electron chi connectivity index (χ4n) is 1.99. The quantitative estimate of drug-likeness (QED) is 0.456. The highest BCUT2D eigenvalue weighted by Gasteiger charge is 2.04. The van der Waals surface area contributed by atoms with E-state index >= 15 is 0 Å². The van der Waals surface area contributed by atoms with Gasteiger partial charge >= 0.3 is 0 Å². The monoisotopic (exact) mass is 401 g/mol. The first-order chi connectivity index (χ1) is 9.69. The third-order valence-electron chi connectivity index (χ3n) is 3.14. The Labute approximate surface area is 143 Å². The fraction of sp³-hybridized carbons (Fsp3) is 0.438. The van der Waals surface area contributed by atoms with Gasteiger partial charge < -0.3 is 15.1 Å². The van der Waals surface area contributed by atoms with Gasteiger partial charge in [0.1, 0.15) is 11.3 Å². The first kappa shape index (κ1) is 17.8. The highest BCUT2D eigenvalue weighted by molar-refractivity contribution is 14.0. The van der Waals surface area contributed by atoms with E-state index < -0.39 is 0 Å². The molecule has 21 heavy (non-hydrogen) atoms. The van der Waals surface area contributed by atoms with E-state index in [9.17, 15) is 0 Å². The second-order valence-corrected chi connectivity index (χ2v) is 5.29. The molecule has 0 bridgehead atoms. The molecule has 0 spiro atoms. The predicted octanol–water partition coefficient (Wildman–Crippen LogP) is 3.76. The molecule has 0 radical (unpaired) electrons. The Kier molecular flexibility index (Phi) is 7.56. The molecule has 1 heterocycles. The summed E-state index contributed by atoms with van der Waals surface area (Å²) in [4.78, 5) is 4.21. The summed E-state index contributed by atoms with van der Waals surface area (Å²) in [6.07, 6.45) is 1.13. The Balaban J connectivity index is 0.00000220. The van der Waals surface area contributed by atoms with Gasteiger partial charge in [-0.25, -0.2) is 0 Å². The third-order valence-corrected chi connectivity index (χ3v) is 3.14. The number of rotatable bonds is 5. The zero-order valence-corrected chi connectivity index (χ0v) is 15.2. The van der Waals surface area contributed by atoms with Crippen LogP contribution in [0.1, 0.15) is 26.0 Å². The zero-order valence-electron chi connectivity index (χ0n) is 12.8. The van der Waals surface area contributed by atoms with Gasteiger partial charge in [-0.05, 0) is 24.5 Å². The molecular weight excluding hydrogens is 377 g/mol. The summed E-state index contributed by atoms with van der Waals surface area (Å²) in [5.41, 5.74) is 0.923. The van der Waals surface area contributed by atoms with Crippen LogP contribution in [0.25, 0.3) is 11.0 Å². The Morgan fingerprint density at radius 1 is 1.24 bits per heavy atom. The number of fused-ring (bicyclic) bond motifs is 1. The van der Waals surface area contributed by atoms with Crippen LogP contribution in [0.3, 0.4) is 0 Å². The molecule has 1 aromatic heterocycles. The molecule has 2 rings (SSSR count). The molecule has 5 heteroatoms. The first-order valence-electron chi connectivity index (χ1n) is 7.11. The summed E-state index contributed by atoms with van der Waals surface area (Å²) in [5.74, 6) is 2.42. The van der Waals surface area contributed by atoms with Crippen molar-refractivity contribution < 1.29 is 4.42 Å². The molecule has 0 aliphatic carbocycles. The van der Waals surface area contributed by atoms with E-state index in [2.05, 4.69) is 41.6 Å². The molecule has 1 aromatic carbocycles. The van der Waals surface area contributed by atoms with Crippen molar-refractivity contribution in [1.29, 1.82) is 0 Å². The lowest BCUT2D eigenvalue weighted by Gasteiger charge is -2.11. The van der Waals surface area contributed by atoms with Crippen molar-refractivity contribution in [2.45, 2.75) is 26.8 Å². The molecule has 0 unspecified atom stereocenters. The summed E-state index contributed by atoms with van der Waals surface area (Å²) >= 11 is 0. The van der Waals surface area contributed by atoms with Gasteiger partial charge in [-0.1, -0.05) is 32.0 Å². The standard InChI is InChI=1S/C16H23N3O.HI/c1-12(2)8-9-18-16(17-3)19-11-14-10-13-6-4-5-7-15(13)20-14;/h4-7,10,12H,8-9,11H2,1-3H3,(H2,17,18,19);1H. The lowest BCUT2D eigenvalue weighted by molar-refractivity contribution is 0.535. The second kappa shape index (κ2) is 8.92. The number of aliphatic imine (C=N–C) groups is 1. The van der Waals surface area contributed by atoms with Crippen LogP contribution in [0.4, 0.5) is 0 Å². The molecule has 0 saturated carbocycles. The molecule has 2 aromatic rings. The average Bonchev–Trinajstić information content (AvgIpc) is 2.85. The summed E-state index contributed by atoms with van der Waals surface area (Å²) in [6, 6.07) is 10.1. The number of nitrogens with one attached hydrogen (secondary N) is 2. The van der Waals surface area contributed by atoms with Crippen LogP contribution in [-0.2, 0) is 6.54 Å². The van der Waals surface area contributed by atoms with Crippen LogP contribution in [0.15, 0.2) is 39.7 Å². The lowest BCUT2D eigenvalue weighted by atomic mass is 10.1. The Morgan fingerprint density at radius 2 is 2.00 bits per heavy atom. The van der Waals surface area contributed by atoms with Crippen molar-refractivity contribution in [1.82, 2.24) is 10.6 Å². The molecule has 0 amide bonds. The largest absolute Gasteiger partial charge is 0.459 e. The van der Waals surface area contributed by atoms with Crippen molar-refractivity contribution in [3.8, 4) is 0 Å². The van der Waals surface area contributed by atoms with Gasteiger partial charge in [0.05, 0.1) is 6.54 Å². The van der Waals surface area contributed by atoms with E-state index in [-0.39, 0.29) is 24.0 Å². The van der Waals surface area contributed by atoms with Gasteiger partial charge in [-0.3, -0.25) is 4.99 Å². The summed E-state index contributed by atoms with van der Waals surface area (Å²) in [6.45, 7) is 5.99. The molecule has 0 aliphatic rings. The number of hydrogen-bond donors (Lipinski definition) is 2. The van der Waals surface area contributed by atoms with E-state index in [0.717, 1.165) is 35.7 Å². The van der Waals surface area contributed by atoms with E-state index in [1.807, 2.05) is 18.2 Å². The van der Waals surface area contributed by atoms with E-state index in [1.165, 1.54) is 0 Å². The molecule has 4 nitrogen and oxygen atoms in total. The number of nitrogens with zero attached hydrogens (tertiary/aromatic N) is 1. The van der Waals surface area contributed by atoms with Crippen molar-refractivity contribution in [2.75, 3.05) is 13.6 Å². The minimum absolute atomic E-state index is 0. The Hall–Kier alpha value is -1.24. The predicted molar refractivity (Wildman–Crippen MR) is 99.3 cm³/mol. The zero-order chi connectivity index (χ0) is 14.4. The maximum Gasteiger partial charge on any atom is 0.191 e. The summed E-state index contributed by atoms with van der Waals surface area (Å²) in [5, 5.41) is 7.70. The maximum absolute atomic E-state index is 5.76. The summed E-state index contributed by atoms with van der Waals surface area (Å²) in [7, 11) is 1.78. The lowest BCUT2D eigenvalue weighted by Crippen LogP contribution is -2.37. The highest BCUT2D eigenvalue weighted by Crippen LogP contribution is 2.18. The van der Waals surface area contributed by atoms with Crippen molar-refractivity contribution in [3.63, 3.8) is 0 Å². The average molecular weight is 401 g/mol. The first-order valence-corrected chi connectivity index (χ1v) is 7.11. The maximum atomic E-state index is 5.76. The number of benzene rings is 1. The van der Waals surface area contributed by atoms with Gasteiger partial charge in [0.2, 0.25) is 0 Å². The smallest absolute Gasteiger partial charge is 0.191 e. The second-order valence-electron chi connectivity index (χ2n) is 5.29. The van der Waals surface area contributed by atoms with Crippen molar-refractivity contribution in [2.24, 2.45) is 10.9 Å². The van der Waals surface area contributed by atoms with Crippen molar-refractivity contribution >= 4 is 40.9 Å². The van der Waals surface area contributed by atoms with Gasteiger partial charge in [0.25, 0.3) is 0 Å². The van der Waals surface area contributed by atoms with Crippen LogP contribution in [-0.4, -0.2) is 19.6 Å². The normalized spacial score (nSPS) is 11.5. The minimum Gasteiger partial charge on any atom is -0.459 e. The van der Waals surface area contributed by atoms with E-state index in [0.29, 0.717) is 12.5 Å². The Morgan fingerprint density at radius 3 is 2.67 bits per heavy atom. The molecular formula is C16H24IN3O. The molecule has 116 valence electrons. The number of furan rings is 1. The van der Waals surface area contributed by atoms with Crippen molar-refractivity contribution in [3.05, 3.63) is 36.1 Å². The van der Waals surface area contributed by atoms with E-state index in [1.54, 1.807) is 7.05 Å². The van der Waals surface area contributed by atoms with Crippen LogP contribution in [0.2, 0.25) is 0 Å². The van der Waals surface area contributed by atoms with Crippen LogP contribution in [0.5, 0.6) is 0 Å². The molecule has 0 saturated heterocycles. The number of guanidine groups is 1. The van der Waals surface area contributed by atoms with Crippen LogP contribution in [0, 0.1) is 5.92 Å². The fourth-order valence-corrected chi connectivity index (χ4v) is 1.99. The Bertz CT molecular complexity index is 545. The summed E-state index contributed by atoms with van der Waals surface area (Å²) < 4.78 is 5.76. The topological polar surface area (TPSA) is 49.6 Å². The van der Waals surface area contributed by atoms with Gasteiger partial charge in [-0.15, -0.1) is 24.0 Å². The van der Waals surface area contributed by atoms with Gasteiger partial charge in [0, 0.05) is 19.0 Å². The molecule has 0 aliphatic heterocycles. The van der Waals surface area contributed by atoms with Crippen LogP contribution >= 0.6 is 24.0 Å². The SMILES string of the molecule is CN=C(NCCC(C)C)NCc1cc2ccccc2o1.I.